The molecule has 0 atom stereocenters. The zero-order valence-electron chi connectivity index (χ0n) is 15.3. The highest BCUT2D eigenvalue weighted by atomic mass is 32.1. The summed E-state index contributed by atoms with van der Waals surface area (Å²) in [6.45, 7) is 7.69. The first kappa shape index (κ1) is 18.1. The fourth-order valence-electron chi connectivity index (χ4n) is 2.70. The molecule has 7 heteroatoms. The number of aromatic amines is 1. The molecule has 26 heavy (non-hydrogen) atoms. The smallest absolute Gasteiger partial charge is 0.350 e. The van der Waals surface area contributed by atoms with Crippen molar-refractivity contribution in [3.63, 3.8) is 0 Å². The number of esters is 1. The van der Waals surface area contributed by atoms with Gasteiger partial charge in [0, 0.05) is 17.7 Å². The van der Waals surface area contributed by atoms with Gasteiger partial charge in [0.25, 0.3) is 5.56 Å². The monoisotopic (exact) mass is 371 g/mol. The fourth-order valence-corrected chi connectivity index (χ4v) is 3.62. The molecule has 0 spiro atoms. The molecule has 0 amide bonds. The van der Waals surface area contributed by atoms with Gasteiger partial charge in [0.05, 0.1) is 12.3 Å². The van der Waals surface area contributed by atoms with Crippen molar-refractivity contribution in [2.24, 2.45) is 0 Å². The first-order chi connectivity index (χ1) is 12.4. The normalized spacial score (nSPS) is 10.9. The zero-order chi connectivity index (χ0) is 18.8. The summed E-state index contributed by atoms with van der Waals surface area (Å²) in [5, 5.41) is 3.51. The number of thiazole rings is 1. The second kappa shape index (κ2) is 7.29. The predicted octanol–water partition coefficient (Wildman–Crippen LogP) is 3.31. The number of H-pyrrole nitrogens is 1. The lowest BCUT2D eigenvalue weighted by Crippen LogP contribution is -2.17. The van der Waals surface area contributed by atoms with Gasteiger partial charge in [0.2, 0.25) is 5.13 Å². The highest BCUT2D eigenvalue weighted by Gasteiger charge is 2.20. The summed E-state index contributed by atoms with van der Waals surface area (Å²) >= 11 is 1.15. The molecule has 3 rings (SSSR count). The van der Waals surface area contributed by atoms with Gasteiger partial charge in [-0.1, -0.05) is 41.2 Å². The number of rotatable bonds is 5. The first-order valence-electron chi connectivity index (χ1n) is 8.41. The maximum absolute atomic E-state index is 12.9. The topological polar surface area (TPSA) is 77.0 Å². The maximum Gasteiger partial charge on any atom is 0.350 e. The van der Waals surface area contributed by atoms with Crippen LogP contribution in [0.15, 0.2) is 29.1 Å². The lowest BCUT2D eigenvalue weighted by atomic mass is 10.0. The Morgan fingerprint density at radius 1 is 1.23 bits per heavy atom. The van der Waals surface area contributed by atoms with E-state index in [4.69, 9.17) is 4.74 Å². The largest absolute Gasteiger partial charge is 0.462 e. The van der Waals surface area contributed by atoms with Gasteiger partial charge in [-0.2, -0.15) is 4.68 Å². The van der Waals surface area contributed by atoms with Gasteiger partial charge in [-0.3, -0.25) is 9.89 Å². The van der Waals surface area contributed by atoms with Gasteiger partial charge >= 0.3 is 5.97 Å². The average molecular weight is 371 g/mol. The number of nitrogens with one attached hydrogen (secondary N) is 1. The van der Waals surface area contributed by atoms with E-state index in [1.807, 2.05) is 38.1 Å². The minimum atomic E-state index is -0.412. The van der Waals surface area contributed by atoms with Gasteiger partial charge in [0.15, 0.2) is 0 Å². The van der Waals surface area contributed by atoms with E-state index in [1.165, 1.54) is 10.2 Å². The lowest BCUT2D eigenvalue weighted by Gasteiger charge is -2.00. The van der Waals surface area contributed by atoms with Crippen LogP contribution in [0.2, 0.25) is 0 Å². The highest BCUT2D eigenvalue weighted by Crippen LogP contribution is 2.22. The fraction of sp³-hybridized carbons (Fsp3) is 0.316. The quantitative estimate of drug-likeness (QED) is 0.698. The third-order valence-electron chi connectivity index (χ3n) is 4.13. The Morgan fingerprint density at radius 2 is 1.92 bits per heavy atom. The first-order valence-corrected chi connectivity index (χ1v) is 9.23. The highest BCUT2D eigenvalue weighted by molar-refractivity contribution is 7.16. The number of aryl methyl sites for hydroxylation is 3. The summed E-state index contributed by atoms with van der Waals surface area (Å²) in [6.07, 6.45) is 0.545. The van der Waals surface area contributed by atoms with E-state index in [-0.39, 0.29) is 5.56 Å². The van der Waals surface area contributed by atoms with Crippen LogP contribution in [0, 0.1) is 20.8 Å². The number of nitrogens with zero attached hydrogens (tertiary/aromatic N) is 2. The van der Waals surface area contributed by atoms with Crippen LogP contribution in [-0.2, 0) is 11.2 Å². The van der Waals surface area contributed by atoms with E-state index in [1.54, 1.807) is 13.8 Å². The number of benzene rings is 1. The Hall–Kier alpha value is -2.67. The number of hydrogen-bond acceptors (Lipinski definition) is 5. The SMILES string of the molecule is CCOC(=O)c1sc(-n2[nH]c(C)c(Cc3ccc(C)cc3)c2=O)nc1C. The van der Waals surface area contributed by atoms with Gasteiger partial charge < -0.3 is 4.74 Å². The van der Waals surface area contributed by atoms with E-state index < -0.39 is 5.97 Å². The molecule has 0 saturated carbocycles. The minimum absolute atomic E-state index is 0.146. The molecule has 0 aliphatic heterocycles. The molecular weight excluding hydrogens is 350 g/mol. The lowest BCUT2D eigenvalue weighted by molar-refractivity contribution is 0.0531. The third-order valence-corrected chi connectivity index (χ3v) is 5.25. The molecule has 0 saturated heterocycles. The van der Waals surface area contributed by atoms with Gasteiger partial charge in [-0.15, -0.1) is 0 Å². The molecule has 2 aromatic heterocycles. The molecule has 136 valence electrons. The van der Waals surface area contributed by atoms with Crippen molar-refractivity contribution in [2.75, 3.05) is 6.61 Å². The molecule has 2 heterocycles. The van der Waals surface area contributed by atoms with Crippen molar-refractivity contribution in [2.45, 2.75) is 34.1 Å². The van der Waals surface area contributed by atoms with Crippen molar-refractivity contribution in [1.82, 2.24) is 14.8 Å². The molecular formula is C19H21N3O3S. The van der Waals surface area contributed by atoms with Gasteiger partial charge in [-0.25, -0.2) is 9.78 Å². The summed E-state index contributed by atoms with van der Waals surface area (Å²) in [5.41, 5.74) is 4.15. The summed E-state index contributed by atoms with van der Waals surface area (Å²) < 4.78 is 6.44. The van der Waals surface area contributed by atoms with Gasteiger partial charge in [-0.05, 0) is 33.3 Å². The Kier molecular flexibility index (Phi) is 5.08. The molecule has 6 nitrogen and oxygen atoms in total. The van der Waals surface area contributed by atoms with Gasteiger partial charge in [0.1, 0.15) is 4.88 Å². The summed E-state index contributed by atoms with van der Waals surface area (Å²) in [4.78, 5) is 29.6. The van der Waals surface area contributed by atoms with Crippen LogP contribution < -0.4 is 5.56 Å². The van der Waals surface area contributed by atoms with E-state index >= 15 is 0 Å². The second-order valence-electron chi connectivity index (χ2n) is 6.15. The average Bonchev–Trinajstić information content (AvgIpc) is 3.12. The van der Waals surface area contributed by atoms with Crippen LogP contribution in [0.5, 0.6) is 0 Å². The van der Waals surface area contributed by atoms with Crippen molar-refractivity contribution in [1.29, 1.82) is 0 Å². The third kappa shape index (κ3) is 3.48. The number of ether oxygens (including phenoxy) is 1. The summed E-state index contributed by atoms with van der Waals surface area (Å²) in [5.74, 6) is -0.412. The van der Waals surface area contributed by atoms with Crippen LogP contribution in [0.1, 0.15) is 44.7 Å². The van der Waals surface area contributed by atoms with E-state index in [0.29, 0.717) is 34.3 Å². The van der Waals surface area contributed by atoms with Crippen molar-refractivity contribution < 1.29 is 9.53 Å². The van der Waals surface area contributed by atoms with Crippen LogP contribution in [0.4, 0.5) is 0 Å². The standard InChI is InChI=1S/C19H21N3O3S/c1-5-25-18(24)16-13(4)20-19(26-16)22-17(23)15(12(3)21-22)10-14-8-6-11(2)7-9-14/h6-9,21H,5,10H2,1-4H3. The van der Waals surface area contributed by atoms with Crippen LogP contribution >= 0.6 is 11.3 Å². The minimum Gasteiger partial charge on any atom is -0.462 e. The number of hydrogen-bond donors (Lipinski definition) is 1. The summed E-state index contributed by atoms with van der Waals surface area (Å²) in [7, 11) is 0. The van der Waals surface area contributed by atoms with E-state index in [9.17, 15) is 9.59 Å². The number of carbonyl (C=O) groups is 1. The Bertz CT molecular complexity index is 996. The maximum atomic E-state index is 12.9. The summed E-state index contributed by atoms with van der Waals surface area (Å²) in [6, 6.07) is 8.12. The molecule has 0 unspecified atom stereocenters. The van der Waals surface area contributed by atoms with Crippen molar-refractivity contribution in [3.05, 3.63) is 67.6 Å². The van der Waals surface area contributed by atoms with Crippen LogP contribution in [0.3, 0.4) is 0 Å². The van der Waals surface area contributed by atoms with Crippen LogP contribution in [0.25, 0.3) is 5.13 Å². The van der Waals surface area contributed by atoms with Crippen molar-refractivity contribution in [3.8, 4) is 5.13 Å². The van der Waals surface area contributed by atoms with E-state index in [2.05, 4.69) is 10.1 Å². The molecule has 0 radical (unpaired) electrons. The molecule has 1 aromatic carbocycles. The van der Waals surface area contributed by atoms with E-state index in [0.717, 1.165) is 22.6 Å². The Balaban J connectivity index is 1.95. The molecule has 3 aromatic rings. The molecule has 0 bridgehead atoms. The Morgan fingerprint density at radius 3 is 2.58 bits per heavy atom. The molecule has 1 N–H and O–H groups in total. The molecule has 0 aliphatic carbocycles. The molecule has 0 aliphatic rings. The number of carbonyl (C=O) groups excluding carboxylic acids is 1. The van der Waals surface area contributed by atoms with Crippen LogP contribution in [-0.4, -0.2) is 27.3 Å². The second-order valence-corrected chi connectivity index (χ2v) is 7.13. The predicted molar refractivity (Wildman–Crippen MR) is 101 cm³/mol. The van der Waals surface area contributed by atoms with Crippen molar-refractivity contribution >= 4 is 17.3 Å². The zero-order valence-corrected chi connectivity index (χ0v) is 16.1. The molecule has 0 fully saturated rings. The number of aromatic nitrogens is 3. The Labute approximate surface area is 155 Å².